The zero-order valence-electron chi connectivity index (χ0n) is 9.43. The molecule has 4 heteroatoms. The molecule has 0 spiro atoms. The van der Waals surface area contributed by atoms with Crippen molar-refractivity contribution >= 4 is 26.4 Å². The van der Waals surface area contributed by atoms with E-state index in [-0.39, 0.29) is 0 Å². The molecule has 0 rings (SSSR count). The van der Waals surface area contributed by atoms with E-state index in [0.717, 1.165) is 26.4 Å². The molecule has 14 heavy (non-hydrogen) atoms. The molecule has 0 fully saturated rings. The minimum atomic E-state index is -0.635. The van der Waals surface area contributed by atoms with Crippen molar-refractivity contribution in [3.63, 3.8) is 0 Å². The summed E-state index contributed by atoms with van der Waals surface area (Å²) in [4.78, 5) is 0. The number of rotatable bonds is 10. The van der Waals surface area contributed by atoms with Gasteiger partial charge in [0, 0.05) is 26.4 Å². The summed E-state index contributed by atoms with van der Waals surface area (Å²) in [6.07, 6.45) is 2.43. The summed E-state index contributed by atoms with van der Waals surface area (Å²) in [5.41, 5.74) is 0. The molecule has 0 aromatic carbocycles. The van der Waals surface area contributed by atoms with E-state index in [1.807, 2.05) is 13.8 Å². The minimum Gasteiger partial charge on any atom is -0.382 e. The molecule has 2 nitrogen and oxygen atoms in total. The molecule has 0 aliphatic heterocycles. The second-order valence-electron chi connectivity index (χ2n) is 3.28. The smallest absolute Gasteiger partial charge is 0.365 e. The van der Waals surface area contributed by atoms with Crippen molar-refractivity contribution in [3.8, 4) is 0 Å². The fraction of sp³-hybridized carbons (Fsp3) is 1.00. The summed E-state index contributed by atoms with van der Waals surface area (Å²) in [5.74, 6) is 0. The first-order chi connectivity index (χ1) is 6.81. The van der Waals surface area contributed by atoms with E-state index in [4.69, 9.17) is 9.47 Å². The van der Waals surface area contributed by atoms with Gasteiger partial charge in [0.25, 0.3) is 0 Å². The van der Waals surface area contributed by atoms with Gasteiger partial charge in [0.05, 0.1) is 0 Å². The first kappa shape index (κ1) is 14.9. The van der Waals surface area contributed by atoms with Gasteiger partial charge in [0.2, 0.25) is 0 Å². The van der Waals surface area contributed by atoms with Crippen LogP contribution in [0.2, 0.25) is 10.6 Å². The zero-order valence-corrected chi connectivity index (χ0v) is 12.2. The maximum absolute atomic E-state index is 5.30. The van der Waals surface area contributed by atoms with Gasteiger partial charge >= 0.3 is 12.3 Å². The maximum atomic E-state index is 5.30. The number of halogens is 1. The van der Waals surface area contributed by atoms with Crippen LogP contribution in [0.1, 0.15) is 26.7 Å². The van der Waals surface area contributed by atoms with Crippen LogP contribution in [0, 0.1) is 0 Å². The quantitative estimate of drug-likeness (QED) is 0.452. The normalized spacial score (nSPS) is 10.5. The van der Waals surface area contributed by atoms with E-state index in [2.05, 4.69) is 14.1 Å². The second-order valence-corrected chi connectivity index (χ2v) is 9.51. The lowest BCUT2D eigenvalue weighted by molar-refractivity contribution is 0.147. The van der Waals surface area contributed by atoms with Gasteiger partial charge in [-0.3, -0.25) is 0 Å². The first-order valence-corrected chi connectivity index (χ1v) is 10.4. The van der Waals surface area contributed by atoms with Gasteiger partial charge in [-0.05, 0) is 26.7 Å². The first-order valence-electron chi connectivity index (χ1n) is 5.60. The van der Waals surface area contributed by atoms with Gasteiger partial charge in [-0.1, -0.05) is 10.6 Å². The van der Waals surface area contributed by atoms with Gasteiger partial charge < -0.3 is 9.47 Å². The maximum Gasteiger partial charge on any atom is 0.365 e. The van der Waals surface area contributed by atoms with Crippen molar-refractivity contribution in [2.45, 2.75) is 37.3 Å². The average Bonchev–Trinajstić information content (AvgIpc) is 2.19. The molecule has 0 saturated heterocycles. The second kappa shape index (κ2) is 12.0. The SMILES string of the molecule is CCOCC[CH2][Al]([Br])[CH2]CCOCC. The minimum absolute atomic E-state index is 0.635. The molecule has 0 N–H and O–H groups in total. The third kappa shape index (κ3) is 11.0. The summed E-state index contributed by atoms with van der Waals surface area (Å²) < 4.78 is 10.6. The number of ether oxygens (including phenoxy) is 2. The highest BCUT2D eigenvalue weighted by molar-refractivity contribution is 9.24. The van der Waals surface area contributed by atoms with Gasteiger partial charge in [-0.2, -0.15) is 0 Å². The summed E-state index contributed by atoms with van der Waals surface area (Å²) >= 11 is 3.17. The van der Waals surface area contributed by atoms with E-state index < -0.39 is 12.3 Å². The Morgan fingerprint density at radius 1 is 0.929 bits per heavy atom. The predicted molar refractivity (Wildman–Crippen MR) is 66.5 cm³/mol. The molecular formula is C10H22AlBrO2. The fourth-order valence-corrected chi connectivity index (χ4v) is 4.70. The van der Waals surface area contributed by atoms with Crippen LogP contribution < -0.4 is 0 Å². The number of hydrogen-bond donors (Lipinski definition) is 0. The lowest BCUT2D eigenvalue weighted by Gasteiger charge is -2.05. The molecule has 0 unspecified atom stereocenters. The fourth-order valence-electron chi connectivity index (χ4n) is 1.25. The Balaban J connectivity index is 3.07. The average molecular weight is 281 g/mol. The molecule has 0 saturated carbocycles. The molecule has 0 amide bonds. The molecule has 0 bridgehead atoms. The van der Waals surface area contributed by atoms with Crippen LogP contribution >= 0.6 is 14.1 Å². The van der Waals surface area contributed by atoms with Crippen LogP contribution in [-0.2, 0) is 9.47 Å². The lowest BCUT2D eigenvalue weighted by atomic mass is 10.5. The third-order valence-electron chi connectivity index (χ3n) is 2.02. The van der Waals surface area contributed by atoms with Crippen LogP contribution in [0.25, 0.3) is 0 Å². The van der Waals surface area contributed by atoms with Crippen molar-refractivity contribution in [2.75, 3.05) is 26.4 Å². The van der Waals surface area contributed by atoms with Crippen molar-refractivity contribution in [2.24, 2.45) is 0 Å². The van der Waals surface area contributed by atoms with Crippen LogP contribution in [0.3, 0.4) is 0 Å². The Labute approximate surface area is 99.4 Å². The molecule has 0 aromatic heterocycles. The van der Waals surface area contributed by atoms with Crippen molar-refractivity contribution in [1.82, 2.24) is 0 Å². The molecule has 0 heterocycles. The summed E-state index contributed by atoms with van der Waals surface area (Å²) in [6.45, 7) is 7.64. The van der Waals surface area contributed by atoms with Gasteiger partial charge in [-0.25, -0.2) is 14.1 Å². The van der Waals surface area contributed by atoms with Gasteiger partial charge in [0.1, 0.15) is 0 Å². The van der Waals surface area contributed by atoms with E-state index in [1.165, 1.54) is 23.4 Å². The van der Waals surface area contributed by atoms with Crippen molar-refractivity contribution < 1.29 is 9.47 Å². The van der Waals surface area contributed by atoms with Crippen molar-refractivity contribution in [1.29, 1.82) is 0 Å². The predicted octanol–water partition coefficient (Wildman–Crippen LogP) is 3.23. The van der Waals surface area contributed by atoms with E-state index in [1.54, 1.807) is 0 Å². The molecule has 0 radical (unpaired) electrons. The standard InChI is InChI=1S/2C5H11O.Al.BrH/c2*1-3-5-6-4-2;;/h2*1,3-5H2,2H3;;1H/q;;+1;/p-1. The van der Waals surface area contributed by atoms with Gasteiger partial charge in [0.15, 0.2) is 0 Å². The summed E-state index contributed by atoms with van der Waals surface area (Å²) in [6, 6.07) is 0. The molecule has 0 aliphatic rings. The van der Waals surface area contributed by atoms with Gasteiger partial charge in [-0.15, -0.1) is 0 Å². The topological polar surface area (TPSA) is 18.5 Å². The highest BCUT2D eigenvalue weighted by atomic mass is 79.9. The number of hydrogen-bond acceptors (Lipinski definition) is 2. The van der Waals surface area contributed by atoms with Crippen LogP contribution in [0.15, 0.2) is 0 Å². The lowest BCUT2D eigenvalue weighted by Crippen LogP contribution is -2.06. The Morgan fingerprint density at radius 2 is 1.36 bits per heavy atom. The molecular weight excluding hydrogens is 259 g/mol. The van der Waals surface area contributed by atoms with Crippen LogP contribution in [0.5, 0.6) is 0 Å². The Morgan fingerprint density at radius 3 is 1.71 bits per heavy atom. The monoisotopic (exact) mass is 280 g/mol. The largest absolute Gasteiger partial charge is 0.382 e. The van der Waals surface area contributed by atoms with E-state index >= 15 is 0 Å². The molecule has 84 valence electrons. The van der Waals surface area contributed by atoms with Crippen LogP contribution in [0.4, 0.5) is 0 Å². The molecule has 0 aliphatic carbocycles. The summed E-state index contributed by atoms with van der Waals surface area (Å²) in [7, 11) is 0. The van der Waals surface area contributed by atoms with Crippen molar-refractivity contribution in [3.05, 3.63) is 0 Å². The Bertz CT molecular complexity index is 102. The highest BCUT2D eigenvalue weighted by Gasteiger charge is 2.11. The van der Waals surface area contributed by atoms with Crippen LogP contribution in [-0.4, -0.2) is 38.7 Å². The Hall–Kier alpha value is 0.932. The molecule has 0 aromatic rings. The highest BCUT2D eigenvalue weighted by Crippen LogP contribution is 2.12. The van der Waals surface area contributed by atoms with E-state index in [0.29, 0.717) is 0 Å². The molecule has 0 atom stereocenters. The summed E-state index contributed by atoms with van der Waals surface area (Å²) in [5, 5.41) is 2.68. The Kier molecular flexibility index (Phi) is 12.8. The zero-order chi connectivity index (χ0) is 10.6. The third-order valence-corrected chi connectivity index (χ3v) is 6.84. The van der Waals surface area contributed by atoms with E-state index in [9.17, 15) is 0 Å².